The zero-order chi connectivity index (χ0) is 5.98. The van der Waals surface area contributed by atoms with E-state index in [0.29, 0.717) is 5.92 Å². The minimum atomic E-state index is 0.417. The van der Waals surface area contributed by atoms with E-state index in [2.05, 4.69) is 6.92 Å². The lowest BCUT2D eigenvalue weighted by Crippen LogP contribution is -2.23. The fraction of sp³-hybridized carbons (Fsp3) is 0.857. The fourth-order valence-corrected chi connectivity index (χ4v) is 1.23. The smallest absolute Gasteiger partial charge is 0.123 e. The highest BCUT2D eigenvalue weighted by Crippen LogP contribution is 2.33. The number of hydrogen-bond donors (Lipinski definition) is 0. The quantitative estimate of drug-likeness (QED) is 0.496. The first kappa shape index (κ1) is 5.80. The van der Waals surface area contributed by atoms with Crippen LogP contribution in [0.25, 0.3) is 0 Å². The van der Waals surface area contributed by atoms with Crippen LogP contribution in [-0.4, -0.2) is 6.29 Å². The molecule has 8 heavy (non-hydrogen) atoms. The zero-order valence-corrected chi connectivity index (χ0v) is 5.26. The summed E-state index contributed by atoms with van der Waals surface area (Å²) in [6.45, 7) is 2.19. The predicted molar refractivity (Wildman–Crippen MR) is 32.6 cm³/mol. The number of carbonyl (C=O) groups is 1. The topological polar surface area (TPSA) is 17.1 Å². The molecule has 0 radical (unpaired) electrons. The molecule has 0 aromatic rings. The second kappa shape index (κ2) is 2.29. The molecule has 1 aliphatic rings. The van der Waals surface area contributed by atoms with Crippen molar-refractivity contribution < 1.29 is 4.79 Å². The van der Waals surface area contributed by atoms with E-state index >= 15 is 0 Å². The molecule has 0 bridgehead atoms. The molecular formula is C7H12O. The van der Waals surface area contributed by atoms with Crippen LogP contribution >= 0.6 is 0 Å². The summed E-state index contributed by atoms with van der Waals surface area (Å²) < 4.78 is 0. The van der Waals surface area contributed by atoms with E-state index < -0.39 is 0 Å². The Morgan fingerprint density at radius 2 is 2.25 bits per heavy atom. The normalized spacial score (nSPS) is 36.1. The van der Waals surface area contributed by atoms with E-state index in [1.165, 1.54) is 6.42 Å². The standard InChI is InChI=1S/C7H12O/c1-2-6-3-7(4-6)5-8/h5-7H,2-4H2,1H3/t6-,7+. The molecule has 0 aromatic carbocycles. The van der Waals surface area contributed by atoms with E-state index in [4.69, 9.17) is 0 Å². The lowest BCUT2D eigenvalue weighted by molar-refractivity contribution is -0.114. The SMILES string of the molecule is CC[C@H]1C[C@@H](C=O)C1. The van der Waals surface area contributed by atoms with Crippen molar-refractivity contribution in [3.63, 3.8) is 0 Å². The number of rotatable bonds is 2. The van der Waals surface area contributed by atoms with Crippen LogP contribution in [0.4, 0.5) is 0 Å². The average Bonchev–Trinajstić information content (AvgIpc) is 1.65. The van der Waals surface area contributed by atoms with Gasteiger partial charge in [0.2, 0.25) is 0 Å². The Hall–Kier alpha value is -0.330. The van der Waals surface area contributed by atoms with Crippen molar-refractivity contribution in [2.24, 2.45) is 11.8 Å². The summed E-state index contributed by atoms with van der Waals surface area (Å²) in [6.07, 6.45) is 4.65. The molecule has 1 saturated carbocycles. The minimum Gasteiger partial charge on any atom is -0.303 e. The maximum atomic E-state index is 10.0. The van der Waals surface area contributed by atoms with Crippen LogP contribution in [0.15, 0.2) is 0 Å². The molecule has 0 heterocycles. The molecule has 1 heteroatoms. The van der Waals surface area contributed by atoms with Crippen LogP contribution in [0.3, 0.4) is 0 Å². The van der Waals surface area contributed by atoms with Crippen molar-refractivity contribution in [3.8, 4) is 0 Å². The van der Waals surface area contributed by atoms with Gasteiger partial charge in [0.05, 0.1) is 0 Å². The Kier molecular flexibility index (Phi) is 1.66. The Morgan fingerprint density at radius 3 is 2.62 bits per heavy atom. The van der Waals surface area contributed by atoms with Crippen LogP contribution in [0.5, 0.6) is 0 Å². The minimum absolute atomic E-state index is 0.417. The first-order valence-corrected chi connectivity index (χ1v) is 3.32. The summed E-state index contributed by atoms with van der Waals surface area (Å²) in [5.74, 6) is 1.28. The summed E-state index contributed by atoms with van der Waals surface area (Å²) in [5, 5.41) is 0. The molecule has 46 valence electrons. The fourth-order valence-electron chi connectivity index (χ4n) is 1.23. The Balaban J connectivity index is 2.11. The van der Waals surface area contributed by atoms with E-state index in [1.807, 2.05) is 0 Å². The molecule has 0 aliphatic heterocycles. The Bertz CT molecular complexity index is 82.4. The molecular weight excluding hydrogens is 100 g/mol. The molecule has 1 fully saturated rings. The number of hydrogen-bond acceptors (Lipinski definition) is 1. The zero-order valence-electron chi connectivity index (χ0n) is 5.26. The van der Waals surface area contributed by atoms with Gasteiger partial charge in [-0.25, -0.2) is 0 Å². The molecule has 0 unspecified atom stereocenters. The van der Waals surface area contributed by atoms with Crippen LogP contribution in [0.2, 0.25) is 0 Å². The van der Waals surface area contributed by atoms with Gasteiger partial charge in [0.1, 0.15) is 6.29 Å². The second-order valence-corrected chi connectivity index (χ2v) is 2.64. The lowest BCUT2D eigenvalue weighted by atomic mass is 9.74. The van der Waals surface area contributed by atoms with Gasteiger partial charge in [-0.15, -0.1) is 0 Å². The molecule has 1 nitrogen and oxygen atoms in total. The molecule has 0 amide bonds. The first-order chi connectivity index (χ1) is 3.86. The lowest BCUT2D eigenvalue weighted by Gasteiger charge is -2.30. The summed E-state index contributed by atoms with van der Waals surface area (Å²) in [7, 11) is 0. The third-order valence-electron chi connectivity index (χ3n) is 2.04. The van der Waals surface area contributed by atoms with Crippen molar-refractivity contribution in [1.29, 1.82) is 0 Å². The van der Waals surface area contributed by atoms with Crippen molar-refractivity contribution in [2.45, 2.75) is 26.2 Å². The van der Waals surface area contributed by atoms with E-state index in [9.17, 15) is 4.79 Å². The molecule has 1 aliphatic carbocycles. The van der Waals surface area contributed by atoms with Gasteiger partial charge < -0.3 is 4.79 Å². The summed E-state index contributed by atoms with van der Waals surface area (Å²) in [4.78, 5) is 10.0. The Morgan fingerprint density at radius 1 is 1.62 bits per heavy atom. The van der Waals surface area contributed by atoms with Crippen LogP contribution in [0.1, 0.15) is 26.2 Å². The van der Waals surface area contributed by atoms with Gasteiger partial charge >= 0.3 is 0 Å². The Labute approximate surface area is 50.1 Å². The number of carbonyl (C=O) groups excluding carboxylic acids is 1. The highest BCUT2D eigenvalue weighted by atomic mass is 16.1. The highest BCUT2D eigenvalue weighted by Gasteiger charge is 2.26. The molecule has 0 N–H and O–H groups in total. The third kappa shape index (κ3) is 0.908. The van der Waals surface area contributed by atoms with Gasteiger partial charge in [-0.05, 0) is 18.8 Å². The maximum Gasteiger partial charge on any atom is 0.123 e. The van der Waals surface area contributed by atoms with Gasteiger partial charge in [0.25, 0.3) is 0 Å². The monoisotopic (exact) mass is 112 g/mol. The van der Waals surface area contributed by atoms with Crippen molar-refractivity contribution in [1.82, 2.24) is 0 Å². The van der Waals surface area contributed by atoms with Crippen LogP contribution in [0, 0.1) is 11.8 Å². The van der Waals surface area contributed by atoms with Gasteiger partial charge in [-0.3, -0.25) is 0 Å². The van der Waals surface area contributed by atoms with Gasteiger partial charge in [-0.1, -0.05) is 13.3 Å². The molecule has 0 saturated heterocycles. The molecule has 0 atom stereocenters. The summed E-state index contributed by atoms with van der Waals surface area (Å²) in [6, 6.07) is 0. The largest absolute Gasteiger partial charge is 0.303 e. The van der Waals surface area contributed by atoms with Gasteiger partial charge in [-0.2, -0.15) is 0 Å². The summed E-state index contributed by atoms with van der Waals surface area (Å²) >= 11 is 0. The van der Waals surface area contributed by atoms with Crippen LogP contribution < -0.4 is 0 Å². The maximum absolute atomic E-state index is 10.0. The van der Waals surface area contributed by atoms with Gasteiger partial charge in [0, 0.05) is 5.92 Å². The van der Waals surface area contributed by atoms with Gasteiger partial charge in [0.15, 0.2) is 0 Å². The van der Waals surface area contributed by atoms with E-state index in [1.54, 1.807) is 0 Å². The highest BCUT2D eigenvalue weighted by molar-refractivity contribution is 5.54. The second-order valence-electron chi connectivity index (χ2n) is 2.64. The molecule has 1 rings (SSSR count). The van der Waals surface area contributed by atoms with Crippen molar-refractivity contribution in [3.05, 3.63) is 0 Å². The predicted octanol–water partition coefficient (Wildman–Crippen LogP) is 1.62. The van der Waals surface area contributed by atoms with E-state index in [0.717, 1.165) is 25.0 Å². The third-order valence-corrected chi connectivity index (χ3v) is 2.04. The average molecular weight is 112 g/mol. The molecule has 0 aromatic heterocycles. The first-order valence-electron chi connectivity index (χ1n) is 3.32. The number of aldehydes is 1. The van der Waals surface area contributed by atoms with Crippen LogP contribution in [-0.2, 0) is 4.79 Å². The van der Waals surface area contributed by atoms with Crippen molar-refractivity contribution >= 4 is 6.29 Å². The molecule has 0 spiro atoms. The van der Waals surface area contributed by atoms with Crippen molar-refractivity contribution in [2.75, 3.05) is 0 Å². The van der Waals surface area contributed by atoms with E-state index in [-0.39, 0.29) is 0 Å². The summed E-state index contributed by atoms with van der Waals surface area (Å²) in [5.41, 5.74) is 0.